The summed E-state index contributed by atoms with van der Waals surface area (Å²) >= 11 is 0. The number of aromatic nitrogens is 4. The van der Waals surface area contributed by atoms with Crippen LogP contribution < -0.4 is 0 Å². The number of hydrogen-bond acceptors (Lipinski definition) is 5. The first-order chi connectivity index (χ1) is 22.3. The Morgan fingerprint density at radius 1 is 0.333 bits per heavy atom. The Morgan fingerprint density at radius 3 is 1.38 bits per heavy atom. The SMILES string of the molecule is c1ccc(-c2cc(-c3cccc(-c4nc(-c5ccccc5)nc(-c5ccccc5)n4)c3)c3nc(-c4ccccc4)oc3c2)cc1. The highest BCUT2D eigenvalue weighted by Gasteiger charge is 2.17. The summed E-state index contributed by atoms with van der Waals surface area (Å²) in [4.78, 5) is 19.7. The second kappa shape index (κ2) is 11.5. The van der Waals surface area contributed by atoms with Crippen LogP contribution in [0.2, 0.25) is 0 Å². The van der Waals surface area contributed by atoms with E-state index >= 15 is 0 Å². The van der Waals surface area contributed by atoms with E-state index in [0.717, 1.165) is 55.6 Å². The van der Waals surface area contributed by atoms with Gasteiger partial charge in [-0.15, -0.1) is 0 Å². The Hall–Kier alpha value is -6.20. The first kappa shape index (κ1) is 26.4. The van der Waals surface area contributed by atoms with Gasteiger partial charge in [-0.05, 0) is 47.0 Å². The second-order valence-electron chi connectivity index (χ2n) is 10.7. The van der Waals surface area contributed by atoms with Gasteiger partial charge in [-0.25, -0.2) is 19.9 Å². The molecule has 0 spiro atoms. The van der Waals surface area contributed by atoms with Gasteiger partial charge in [0.05, 0.1) is 0 Å². The molecule has 2 heterocycles. The number of fused-ring (bicyclic) bond motifs is 1. The van der Waals surface area contributed by atoms with Crippen LogP contribution in [0, 0.1) is 0 Å². The minimum absolute atomic E-state index is 0.589. The van der Waals surface area contributed by atoms with Crippen molar-refractivity contribution in [2.45, 2.75) is 0 Å². The van der Waals surface area contributed by atoms with Crippen molar-refractivity contribution in [2.24, 2.45) is 0 Å². The fourth-order valence-electron chi connectivity index (χ4n) is 5.51. The summed E-state index contributed by atoms with van der Waals surface area (Å²) in [5.41, 5.74) is 9.33. The summed E-state index contributed by atoms with van der Waals surface area (Å²) in [7, 11) is 0. The van der Waals surface area contributed by atoms with Crippen molar-refractivity contribution in [1.29, 1.82) is 0 Å². The molecule has 0 fully saturated rings. The molecule has 0 aliphatic carbocycles. The molecule has 0 aliphatic heterocycles. The van der Waals surface area contributed by atoms with Crippen LogP contribution in [0.3, 0.4) is 0 Å². The molecule has 5 heteroatoms. The van der Waals surface area contributed by atoms with Gasteiger partial charge >= 0.3 is 0 Å². The third-order valence-electron chi connectivity index (χ3n) is 7.75. The van der Waals surface area contributed by atoms with Crippen molar-refractivity contribution in [3.05, 3.63) is 158 Å². The Bertz CT molecular complexity index is 2190. The third-order valence-corrected chi connectivity index (χ3v) is 7.75. The van der Waals surface area contributed by atoms with Crippen LogP contribution in [-0.4, -0.2) is 19.9 Å². The van der Waals surface area contributed by atoms with Crippen molar-refractivity contribution in [3.63, 3.8) is 0 Å². The van der Waals surface area contributed by atoms with Gasteiger partial charge in [0.2, 0.25) is 5.89 Å². The zero-order valence-corrected chi connectivity index (χ0v) is 24.2. The largest absolute Gasteiger partial charge is 0.436 e. The molecule has 0 bridgehead atoms. The maximum atomic E-state index is 6.38. The van der Waals surface area contributed by atoms with Gasteiger partial charge in [-0.1, -0.05) is 127 Å². The van der Waals surface area contributed by atoms with Gasteiger partial charge in [-0.2, -0.15) is 0 Å². The lowest BCUT2D eigenvalue weighted by molar-refractivity contribution is 0.620. The molecular weight excluding hydrogens is 552 g/mol. The van der Waals surface area contributed by atoms with Gasteiger partial charge in [0, 0.05) is 27.8 Å². The number of rotatable bonds is 6. The van der Waals surface area contributed by atoms with Crippen LogP contribution in [0.1, 0.15) is 0 Å². The summed E-state index contributed by atoms with van der Waals surface area (Å²) in [6.45, 7) is 0. The number of oxazole rings is 1. The zero-order chi connectivity index (χ0) is 30.0. The number of benzene rings is 6. The average molecular weight is 579 g/mol. The molecule has 0 radical (unpaired) electrons. The van der Waals surface area contributed by atoms with Crippen LogP contribution in [0.15, 0.2) is 162 Å². The molecule has 0 saturated carbocycles. The maximum absolute atomic E-state index is 6.38. The minimum atomic E-state index is 0.589. The monoisotopic (exact) mass is 578 g/mol. The lowest BCUT2D eigenvalue weighted by Crippen LogP contribution is -2.00. The Balaban J connectivity index is 1.31. The summed E-state index contributed by atoms with van der Waals surface area (Å²) < 4.78 is 6.38. The molecular formula is C40H26N4O. The van der Waals surface area contributed by atoms with Crippen LogP contribution in [0.4, 0.5) is 0 Å². The highest BCUT2D eigenvalue weighted by Crippen LogP contribution is 2.37. The topological polar surface area (TPSA) is 64.7 Å². The molecule has 2 aromatic heterocycles. The highest BCUT2D eigenvalue weighted by atomic mass is 16.3. The lowest BCUT2D eigenvalue weighted by atomic mass is 9.96. The molecule has 0 aliphatic rings. The van der Waals surface area contributed by atoms with E-state index in [1.807, 2.05) is 121 Å². The van der Waals surface area contributed by atoms with E-state index in [4.69, 9.17) is 24.4 Å². The molecule has 0 saturated heterocycles. The fourth-order valence-corrected chi connectivity index (χ4v) is 5.51. The summed E-state index contributed by atoms with van der Waals surface area (Å²) in [6.07, 6.45) is 0. The normalized spacial score (nSPS) is 11.1. The van der Waals surface area contributed by atoms with E-state index in [-0.39, 0.29) is 0 Å². The molecule has 6 aromatic carbocycles. The molecule has 0 N–H and O–H groups in total. The van der Waals surface area contributed by atoms with Crippen molar-refractivity contribution in [1.82, 2.24) is 19.9 Å². The van der Waals surface area contributed by atoms with Crippen molar-refractivity contribution in [2.75, 3.05) is 0 Å². The van der Waals surface area contributed by atoms with E-state index in [0.29, 0.717) is 23.4 Å². The molecule has 0 amide bonds. The van der Waals surface area contributed by atoms with Gasteiger partial charge in [-0.3, -0.25) is 0 Å². The van der Waals surface area contributed by atoms with Crippen molar-refractivity contribution >= 4 is 11.1 Å². The Labute approximate surface area is 260 Å². The lowest BCUT2D eigenvalue weighted by Gasteiger charge is -2.11. The van der Waals surface area contributed by atoms with Gasteiger partial charge in [0.25, 0.3) is 0 Å². The quantitative estimate of drug-likeness (QED) is 0.196. The second-order valence-corrected chi connectivity index (χ2v) is 10.7. The molecule has 8 rings (SSSR count). The van der Waals surface area contributed by atoms with Crippen molar-refractivity contribution < 1.29 is 4.42 Å². The first-order valence-electron chi connectivity index (χ1n) is 14.8. The molecule has 45 heavy (non-hydrogen) atoms. The summed E-state index contributed by atoms with van der Waals surface area (Å²) in [5.74, 6) is 2.44. The molecule has 0 atom stereocenters. The fraction of sp³-hybridized carbons (Fsp3) is 0. The van der Waals surface area contributed by atoms with Crippen LogP contribution in [-0.2, 0) is 0 Å². The van der Waals surface area contributed by atoms with Crippen LogP contribution >= 0.6 is 0 Å². The van der Waals surface area contributed by atoms with E-state index in [1.54, 1.807) is 0 Å². The maximum Gasteiger partial charge on any atom is 0.227 e. The standard InChI is InChI=1S/C40H26N4O/c1-5-14-27(15-6-1)33-25-34(36-35(26-33)45-40(41-36)30-20-11-4-12-21-30)31-22-13-23-32(24-31)39-43-37(28-16-7-2-8-17-28)42-38(44-39)29-18-9-3-10-19-29/h1-26H. The Morgan fingerprint density at radius 2 is 0.800 bits per heavy atom. The summed E-state index contributed by atoms with van der Waals surface area (Å²) in [5, 5.41) is 0. The Kier molecular flexibility index (Phi) is 6.74. The third kappa shape index (κ3) is 5.28. The van der Waals surface area contributed by atoms with E-state index in [1.165, 1.54) is 0 Å². The van der Waals surface area contributed by atoms with E-state index < -0.39 is 0 Å². The minimum Gasteiger partial charge on any atom is -0.436 e. The molecule has 212 valence electrons. The summed E-state index contributed by atoms with van der Waals surface area (Å²) in [6, 6.07) is 52.9. The van der Waals surface area contributed by atoms with Gasteiger partial charge < -0.3 is 4.42 Å². The van der Waals surface area contributed by atoms with Gasteiger partial charge in [0.15, 0.2) is 23.1 Å². The highest BCUT2D eigenvalue weighted by molar-refractivity contribution is 5.96. The number of nitrogens with zero attached hydrogens (tertiary/aromatic N) is 4. The first-order valence-corrected chi connectivity index (χ1v) is 14.8. The van der Waals surface area contributed by atoms with Crippen LogP contribution in [0.25, 0.3) is 79.0 Å². The average Bonchev–Trinajstić information content (AvgIpc) is 3.57. The van der Waals surface area contributed by atoms with E-state index in [9.17, 15) is 0 Å². The molecule has 5 nitrogen and oxygen atoms in total. The number of hydrogen-bond donors (Lipinski definition) is 0. The van der Waals surface area contributed by atoms with Crippen LogP contribution in [0.5, 0.6) is 0 Å². The molecule has 0 unspecified atom stereocenters. The predicted octanol–water partition coefficient (Wildman–Crippen LogP) is 10.0. The smallest absolute Gasteiger partial charge is 0.227 e. The van der Waals surface area contributed by atoms with E-state index in [2.05, 4.69) is 36.4 Å². The molecule has 8 aromatic rings. The van der Waals surface area contributed by atoms with Gasteiger partial charge in [0.1, 0.15) is 5.52 Å². The zero-order valence-electron chi connectivity index (χ0n) is 24.2. The predicted molar refractivity (Wildman–Crippen MR) is 180 cm³/mol. The van der Waals surface area contributed by atoms with Crippen molar-refractivity contribution in [3.8, 4) is 67.9 Å².